The molecule has 0 spiro atoms. The number of amides is 1. The van der Waals surface area contributed by atoms with Crippen LogP contribution in [0.3, 0.4) is 0 Å². The Morgan fingerprint density at radius 1 is 1.07 bits per heavy atom. The second-order valence-corrected chi connectivity index (χ2v) is 7.48. The van der Waals surface area contributed by atoms with E-state index in [1.54, 1.807) is 0 Å². The summed E-state index contributed by atoms with van der Waals surface area (Å²) in [6.07, 6.45) is 0.635. The highest BCUT2D eigenvalue weighted by Crippen LogP contribution is 2.38. The molecular weight excluding hydrogens is 364 g/mol. The maximum absolute atomic E-state index is 13.2. The summed E-state index contributed by atoms with van der Waals surface area (Å²) in [6.45, 7) is 6.20. The van der Waals surface area contributed by atoms with Crippen LogP contribution in [0.5, 0.6) is 11.5 Å². The molecule has 1 aromatic heterocycles. The van der Waals surface area contributed by atoms with Gasteiger partial charge in [0.1, 0.15) is 5.82 Å². The van der Waals surface area contributed by atoms with Crippen molar-refractivity contribution in [2.24, 2.45) is 0 Å². The van der Waals surface area contributed by atoms with E-state index < -0.39 is 5.41 Å². The first-order valence-corrected chi connectivity index (χ1v) is 9.75. The first kappa shape index (κ1) is 19.0. The summed E-state index contributed by atoms with van der Waals surface area (Å²) in [4.78, 5) is 17.9. The summed E-state index contributed by atoms with van der Waals surface area (Å²) in [5.74, 6) is 1.82. The Balaban J connectivity index is 1.59. The lowest BCUT2D eigenvalue weighted by molar-refractivity contribution is -0.121. The number of pyridine rings is 1. The Morgan fingerprint density at radius 3 is 2.59 bits per heavy atom. The van der Waals surface area contributed by atoms with Crippen molar-refractivity contribution in [2.45, 2.75) is 32.6 Å². The standard InChI is InChI=1S/C24H24N2O3/c1-4-24(3,18-12-13-20-21(14-18)29-15-28-20)23(27)26-22-7-5-6-19(25-22)17-10-8-16(2)9-11-17/h5-14H,4,15H2,1-3H3,(H,25,26,27). The molecule has 5 nitrogen and oxygen atoms in total. The fourth-order valence-corrected chi connectivity index (χ4v) is 3.38. The molecule has 1 aliphatic rings. The van der Waals surface area contributed by atoms with Gasteiger partial charge < -0.3 is 14.8 Å². The maximum atomic E-state index is 13.2. The molecule has 0 saturated carbocycles. The van der Waals surface area contributed by atoms with Gasteiger partial charge in [0.25, 0.3) is 0 Å². The van der Waals surface area contributed by atoms with Gasteiger partial charge in [-0.05, 0) is 50.1 Å². The number of fused-ring (bicyclic) bond motifs is 1. The van der Waals surface area contributed by atoms with Gasteiger partial charge in [0.2, 0.25) is 12.7 Å². The fraction of sp³-hybridized carbons (Fsp3) is 0.250. The Hall–Kier alpha value is -3.34. The van der Waals surface area contributed by atoms with Crippen LogP contribution in [-0.4, -0.2) is 17.7 Å². The van der Waals surface area contributed by atoms with Crippen LogP contribution in [0.4, 0.5) is 5.82 Å². The van der Waals surface area contributed by atoms with E-state index in [-0.39, 0.29) is 12.7 Å². The number of carbonyl (C=O) groups is 1. The average molecular weight is 388 g/mol. The summed E-state index contributed by atoms with van der Waals surface area (Å²) in [5.41, 5.74) is 3.20. The quantitative estimate of drug-likeness (QED) is 0.661. The van der Waals surface area contributed by atoms with E-state index in [0.29, 0.717) is 23.7 Å². The summed E-state index contributed by atoms with van der Waals surface area (Å²) in [6, 6.07) is 19.5. The number of aromatic nitrogens is 1. The van der Waals surface area contributed by atoms with Crippen LogP contribution in [0, 0.1) is 6.92 Å². The molecule has 1 N–H and O–H groups in total. The van der Waals surface area contributed by atoms with Gasteiger partial charge in [-0.2, -0.15) is 0 Å². The summed E-state index contributed by atoms with van der Waals surface area (Å²) >= 11 is 0. The fourth-order valence-electron chi connectivity index (χ4n) is 3.38. The molecule has 29 heavy (non-hydrogen) atoms. The predicted molar refractivity (Wildman–Crippen MR) is 113 cm³/mol. The molecule has 0 saturated heterocycles. The predicted octanol–water partition coefficient (Wildman–Crippen LogP) is 5.09. The normalized spacial score (nSPS) is 14.3. The van der Waals surface area contributed by atoms with Crippen molar-refractivity contribution >= 4 is 11.7 Å². The van der Waals surface area contributed by atoms with Crippen LogP contribution in [0.25, 0.3) is 11.3 Å². The second kappa shape index (κ2) is 7.59. The Morgan fingerprint density at radius 2 is 1.83 bits per heavy atom. The first-order chi connectivity index (χ1) is 14.0. The van der Waals surface area contributed by atoms with E-state index in [9.17, 15) is 4.79 Å². The minimum absolute atomic E-state index is 0.104. The minimum atomic E-state index is -0.720. The Labute approximate surface area is 170 Å². The molecular formula is C24H24N2O3. The topological polar surface area (TPSA) is 60.5 Å². The number of carbonyl (C=O) groups excluding carboxylic acids is 1. The SMILES string of the molecule is CCC(C)(C(=O)Nc1cccc(-c2ccc(C)cc2)n1)c1ccc2c(c1)OCO2. The number of nitrogens with one attached hydrogen (secondary N) is 1. The molecule has 1 unspecified atom stereocenters. The van der Waals surface area contributed by atoms with E-state index in [2.05, 4.69) is 29.4 Å². The van der Waals surface area contributed by atoms with Gasteiger partial charge in [-0.3, -0.25) is 4.79 Å². The molecule has 0 bridgehead atoms. The summed E-state index contributed by atoms with van der Waals surface area (Å²) in [7, 11) is 0. The van der Waals surface area contributed by atoms with Gasteiger partial charge in [-0.15, -0.1) is 0 Å². The molecule has 1 aliphatic heterocycles. The van der Waals surface area contributed by atoms with Crippen molar-refractivity contribution in [3.8, 4) is 22.8 Å². The number of nitrogens with zero attached hydrogens (tertiary/aromatic N) is 1. The van der Waals surface area contributed by atoms with Crippen molar-refractivity contribution in [2.75, 3.05) is 12.1 Å². The van der Waals surface area contributed by atoms with Crippen LogP contribution in [-0.2, 0) is 10.2 Å². The largest absolute Gasteiger partial charge is 0.454 e. The number of rotatable bonds is 5. The molecule has 5 heteroatoms. The Kier molecular flexibility index (Phi) is 4.97. The van der Waals surface area contributed by atoms with Crippen LogP contribution in [0.2, 0.25) is 0 Å². The zero-order valence-corrected chi connectivity index (χ0v) is 16.9. The number of hydrogen-bond donors (Lipinski definition) is 1. The number of anilines is 1. The number of benzene rings is 2. The first-order valence-electron chi connectivity index (χ1n) is 9.75. The van der Waals surface area contributed by atoms with Crippen molar-refractivity contribution in [1.82, 2.24) is 4.98 Å². The van der Waals surface area contributed by atoms with E-state index >= 15 is 0 Å². The molecule has 1 amide bonds. The monoisotopic (exact) mass is 388 g/mol. The van der Waals surface area contributed by atoms with Gasteiger partial charge in [-0.25, -0.2) is 4.98 Å². The lowest BCUT2D eigenvalue weighted by Crippen LogP contribution is -2.37. The van der Waals surface area contributed by atoms with E-state index in [4.69, 9.17) is 9.47 Å². The van der Waals surface area contributed by atoms with Crippen LogP contribution in [0.1, 0.15) is 31.4 Å². The van der Waals surface area contributed by atoms with E-state index in [1.807, 2.05) is 62.4 Å². The third kappa shape index (κ3) is 3.68. The van der Waals surface area contributed by atoms with Crippen molar-refractivity contribution in [3.05, 3.63) is 71.8 Å². The number of hydrogen-bond acceptors (Lipinski definition) is 4. The molecule has 2 heterocycles. The smallest absolute Gasteiger partial charge is 0.235 e. The molecule has 1 atom stereocenters. The minimum Gasteiger partial charge on any atom is -0.454 e. The van der Waals surface area contributed by atoms with E-state index in [0.717, 1.165) is 16.8 Å². The van der Waals surface area contributed by atoms with Gasteiger partial charge >= 0.3 is 0 Å². The highest BCUT2D eigenvalue weighted by atomic mass is 16.7. The van der Waals surface area contributed by atoms with Gasteiger partial charge in [-0.1, -0.05) is 48.9 Å². The maximum Gasteiger partial charge on any atom is 0.235 e. The third-order valence-electron chi connectivity index (χ3n) is 5.56. The third-order valence-corrected chi connectivity index (χ3v) is 5.56. The lowest BCUT2D eigenvalue weighted by atomic mass is 9.79. The van der Waals surface area contributed by atoms with Crippen LogP contribution >= 0.6 is 0 Å². The molecule has 4 rings (SSSR count). The highest BCUT2D eigenvalue weighted by Gasteiger charge is 2.35. The van der Waals surface area contributed by atoms with Crippen molar-refractivity contribution in [1.29, 1.82) is 0 Å². The summed E-state index contributed by atoms with van der Waals surface area (Å²) < 4.78 is 10.9. The van der Waals surface area contributed by atoms with E-state index in [1.165, 1.54) is 5.56 Å². The van der Waals surface area contributed by atoms with Gasteiger partial charge in [0.05, 0.1) is 11.1 Å². The molecule has 148 valence electrons. The van der Waals surface area contributed by atoms with Crippen LogP contribution < -0.4 is 14.8 Å². The van der Waals surface area contributed by atoms with Crippen molar-refractivity contribution < 1.29 is 14.3 Å². The number of ether oxygens (including phenoxy) is 2. The van der Waals surface area contributed by atoms with Gasteiger partial charge in [0.15, 0.2) is 11.5 Å². The molecule has 0 fully saturated rings. The van der Waals surface area contributed by atoms with Crippen molar-refractivity contribution in [3.63, 3.8) is 0 Å². The highest BCUT2D eigenvalue weighted by molar-refractivity contribution is 5.98. The molecule has 3 aromatic rings. The zero-order valence-electron chi connectivity index (χ0n) is 16.9. The zero-order chi connectivity index (χ0) is 20.4. The average Bonchev–Trinajstić information content (AvgIpc) is 3.21. The molecule has 2 aromatic carbocycles. The molecule has 0 aliphatic carbocycles. The van der Waals surface area contributed by atoms with Crippen LogP contribution in [0.15, 0.2) is 60.7 Å². The summed E-state index contributed by atoms with van der Waals surface area (Å²) in [5, 5.41) is 3.00. The van der Waals surface area contributed by atoms with Gasteiger partial charge in [0, 0.05) is 5.56 Å². The molecule has 0 radical (unpaired) electrons. The Bertz CT molecular complexity index is 1050. The lowest BCUT2D eigenvalue weighted by Gasteiger charge is -2.27. The number of aryl methyl sites for hydroxylation is 1. The second-order valence-electron chi connectivity index (χ2n) is 7.48.